The quantitative estimate of drug-likeness (QED) is 0.762. The molecule has 1 N–H and O–H groups in total. The summed E-state index contributed by atoms with van der Waals surface area (Å²) in [6.45, 7) is 12.2. The van der Waals surface area contributed by atoms with E-state index < -0.39 is 18.0 Å². The number of hydrogen-bond donors (Lipinski definition) is 1. The first-order valence-corrected chi connectivity index (χ1v) is 7.50. The highest BCUT2D eigenvalue weighted by Crippen LogP contribution is 2.32. The van der Waals surface area contributed by atoms with E-state index in [9.17, 15) is 5.11 Å². The zero-order valence-electron chi connectivity index (χ0n) is 12.9. The smallest absolute Gasteiger partial charge is 0.164 e. The van der Waals surface area contributed by atoms with Crippen molar-refractivity contribution in [2.75, 3.05) is 13.2 Å². The molecule has 0 saturated carbocycles. The molecule has 1 unspecified atom stereocenters. The fourth-order valence-electron chi connectivity index (χ4n) is 2.60. The lowest BCUT2D eigenvalue weighted by molar-refractivity contribution is -0.163. The van der Waals surface area contributed by atoms with Crippen molar-refractivity contribution in [1.29, 1.82) is 0 Å². The summed E-state index contributed by atoms with van der Waals surface area (Å²) in [6.07, 6.45) is 2.76. The summed E-state index contributed by atoms with van der Waals surface area (Å²) in [5.74, 6) is -0.738. The molecule has 2 aliphatic heterocycles. The molecule has 2 heterocycles. The molecule has 0 spiro atoms. The lowest BCUT2D eigenvalue weighted by Crippen LogP contribution is -2.37. The molecule has 0 aromatic rings. The van der Waals surface area contributed by atoms with E-state index in [4.69, 9.17) is 18.9 Å². The molecule has 0 aromatic heterocycles. The minimum Gasteiger partial charge on any atom is -0.386 e. The highest BCUT2D eigenvalue weighted by atomic mass is 16.8. The minimum absolute atomic E-state index is 0.199. The molecule has 2 aliphatic rings. The van der Waals surface area contributed by atoms with Crippen molar-refractivity contribution >= 4 is 0 Å². The molecule has 2 rings (SSSR count). The molecule has 4 atom stereocenters. The van der Waals surface area contributed by atoms with Gasteiger partial charge in [0.25, 0.3) is 0 Å². The first-order valence-electron chi connectivity index (χ1n) is 7.50. The Morgan fingerprint density at radius 1 is 1.43 bits per heavy atom. The number of aliphatic hydroxyl groups excluding tert-OH is 1. The largest absolute Gasteiger partial charge is 0.386 e. The zero-order valence-corrected chi connectivity index (χ0v) is 12.9. The van der Waals surface area contributed by atoms with Crippen LogP contribution in [0.4, 0.5) is 0 Å². The van der Waals surface area contributed by atoms with Gasteiger partial charge in [-0.05, 0) is 38.7 Å². The van der Waals surface area contributed by atoms with E-state index in [1.807, 2.05) is 13.8 Å². The molecular weight excluding hydrogens is 272 g/mol. The van der Waals surface area contributed by atoms with Crippen LogP contribution in [-0.4, -0.2) is 48.7 Å². The lowest BCUT2D eigenvalue weighted by atomic mass is 10.0. The van der Waals surface area contributed by atoms with Crippen LogP contribution in [-0.2, 0) is 18.9 Å². The highest BCUT2D eigenvalue weighted by molar-refractivity contribution is 5.10. The van der Waals surface area contributed by atoms with Crippen molar-refractivity contribution in [2.45, 2.75) is 63.5 Å². The maximum absolute atomic E-state index is 10.4. The lowest BCUT2D eigenvalue weighted by Gasteiger charge is -2.26. The van der Waals surface area contributed by atoms with Gasteiger partial charge in [-0.25, -0.2) is 0 Å². The summed E-state index contributed by atoms with van der Waals surface area (Å²) in [6, 6.07) is 0. The Hall–Kier alpha value is -0.720. The normalized spacial score (nSPS) is 33.6. The molecule has 2 fully saturated rings. The summed E-state index contributed by atoms with van der Waals surface area (Å²) < 4.78 is 22.5. The van der Waals surface area contributed by atoms with Crippen molar-refractivity contribution in [2.24, 2.45) is 0 Å². The second-order valence-corrected chi connectivity index (χ2v) is 6.01. The van der Waals surface area contributed by atoms with E-state index in [0.29, 0.717) is 5.57 Å². The van der Waals surface area contributed by atoms with Crippen molar-refractivity contribution < 1.29 is 24.1 Å². The maximum atomic E-state index is 10.4. The van der Waals surface area contributed by atoms with Crippen LogP contribution in [0.2, 0.25) is 0 Å². The molecule has 5 nitrogen and oxygen atoms in total. The average Bonchev–Trinajstić information content (AvgIpc) is 2.80. The number of rotatable bonds is 6. The van der Waals surface area contributed by atoms with Gasteiger partial charge in [0, 0.05) is 6.61 Å². The summed E-state index contributed by atoms with van der Waals surface area (Å²) >= 11 is 0. The molecule has 0 aromatic carbocycles. The summed E-state index contributed by atoms with van der Waals surface area (Å²) in [7, 11) is 0. The van der Waals surface area contributed by atoms with E-state index in [0.717, 1.165) is 25.9 Å². The van der Waals surface area contributed by atoms with Crippen molar-refractivity contribution in [3.63, 3.8) is 0 Å². The van der Waals surface area contributed by atoms with Gasteiger partial charge in [-0.1, -0.05) is 12.7 Å². The second kappa shape index (κ2) is 7.03. The number of ether oxygens (including phenoxy) is 4. The van der Waals surface area contributed by atoms with E-state index >= 15 is 0 Å². The molecular formula is C16H26O5. The van der Waals surface area contributed by atoms with Crippen LogP contribution in [0.25, 0.3) is 0 Å². The van der Waals surface area contributed by atoms with Crippen LogP contribution >= 0.6 is 0 Å². The zero-order chi connectivity index (χ0) is 15.5. The van der Waals surface area contributed by atoms with Crippen LogP contribution in [0.15, 0.2) is 24.8 Å². The SMILES string of the molecule is C=C[C@@H]1OC(C)(C)O[C@@H]1[C@H](O)C(=C)COC1CCCCO1. The predicted octanol–water partition coefficient (Wildman–Crippen LogP) is 2.15. The molecule has 0 amide bonds. The molecule has 0 bridgehead atoms. The first kappa shape index (κ1) is 16.6. The highest BCUT2D eigenvalue weighted by Gasteiger charge is 2.44. The fraction of sp³-hybridized carbons (Fsp3) is 0.750. The van der Waals surface area contributed by atoms with Crippen LogP contribution in [0, 0.1) is 0 Å². The van der Waals surface area contributed by atoms with Crippen molar-refractivity contribution in [3.05, 3.63) is 24.8 Å². The van der Waals surface area contributed by atoms with Gasteiger partial charge in [0.1, 0.15) is 18.3 Å². The Labute approximate surface area is 126 Å². The molecule has 2 saturated heterocycles. The van der Waals surface area contributed by atoms with Gasteiger partial charge >= 0.3 is 0 Å². The average molecular weight is 298 g/mol. The van der Waals surface area contributed by atoms with Crippen LogP contribution in [0.5, 0.6) is 0 Å². The maximum Gasteiger partial charge on any atom is 0.164 e. The van der Waals surface area contributed by atoms with Crippen LogP contribution < -0.4 is 0 Å². The van der Waals surface area contributed by atoms with E-state index in [-0.39, 0.29) is 19.0 Å². The Morgan fingerprint density at radius 3 is 2.81 bits per heavy atom. The summed E-state index contributed by atoms with van der Waals surface area (Å²) in [4.78, 5) is 0. The van der Waals surface area contributed by atoms with E-state index in [1.165, 1.54) is 0 Å². The molecule has 21 heavy (non-hydrogen) atoms. The fourth-order valence-corrected chi connectivity index (χ4v) is 2.60. The Balaban J connectivity index is 1.85. The summed E-state index contributed by atoms with van der Waals surface area (Å²) in [5.41, 5.74) is 0.558. The van der Waals surface area contributed by atoms with Crippen LogP contribution in [0.1, 0.15) is 33.1 Å². The van der Waals surface area contributed by atoms with Gasteiger partial charge in [0.2, 0.25) is 0 Å². The monoisotopic (exact) mass is 298 g/mol. The Morgan fingerprint density at radius 2 is 2.19 bits per heavy atom. The number of hydrogen-bond acceptors (Lipinski definition) is 5. The molecule has 0 radical (unpaired) electrons. The van der Waals surface area contributed by atoms with Crippen molar-refractivity contribution in [3.8, 4) is 0 Å². The Kier molecular flexibility index (Phi) is 5.57. The van der Waals surface area contributed by atoms with Crippen molar-refractivity contribution in [1.82, 2.24) is 0 Å². The molecule has 0 aliphatic carbocycles. The number of aliphatic hydroxyl groups is 1. The second-order valence-electron chi connectivity index (χ2n) is 6.01. The molecule has 5 heteroatoms. The minimum atomic E-state index is -0.863. The van der Waals surface area contributed by atoms with Gasteiger partial charge in [0.15, 0.2) is 12.1 Å². The molecule has 120 valence electrons. The third kappa shape index (κ3) is 4.37. The summed E-state index contributed by atoms with van der Waals surface area (Å²) in [5, 5.41) is 10.4. The van der Waals surface area contributed by atoms with E-state index in [2.05, 4.69) is 13.2 Å². The first-order chi connectivity index (χ1) is 9.93. The van der Waals surface area contributed by atoms with Gasteiger partial charge in [-0.15, -0.1) is 6.58 Å². The topological polar surface area (TPSA) is 57.2 Å². The van der Waals surface area contributed by atoms with Gasteiger partial charge in [0.05, 0.1) is 6.61 Å². The van der Waals surface area contributed by atoms with E-state index in [1.54, 1.807) is 6.08 Å². The Bertz CT molecular complexity index is 373. The third-order valence-corrected chi connectivity index (χ3v) is 3.72. The third-order valence-electron chi connectivity index (χ3n) is 3.72. The standard InChI is InChI=1S/C16H26O5/c1-5-12-15(21-16(3,4)20-12)14(17)11(2)10-19-13-8-6-7-9-18-13/h5,12-15,17H,1-2,6-10H2,3-4H3/t12-,13?,14+,15-/m0/s1. The van der Waals surface area contributed by atoms with Gasteiger partial charge < -0.3 is 24.1 Å². The van der Waals surface area contributed by atoms with Gasteiger partial charge in [-0.2, -0.15) is 0 Å². The van der Waals surface area contributed by atoms with Gasteiger partial charge in [-0.3, -0.25) is 0 Å². The van der Waals surface area contributed by atoms with Crippen LogP contribution in [0.3, 0.4) is 0 Å². The predicted molar refractivity (Wildman–Crippen MR) is 78.7 cm³/mol.